The highest BCUT2D eigenvalue weighted by atomic mass is 32.2. The number of halogens is 2. The van der Waals surface area contributed by atoms with E-state index in [1.807, 2.05) is 0 Å². The van der Waals surface area contributed by atoms with Crippen LogP contribution in [0.1, 0.15) is 19.4 Å². The highest BCUT2D eigenvalue weighted by Crippen LogP contribution is 2.16. The molecule has 17 heavy (non-hydrogen) atoms. The molecule has 0 atom stereocenters. The van der Waals surface area contributed by atoms with Gasteiger partial charge in [0.05, 0.1) is 11.5 Å². The monoisotopic (exact) mass is 263 g/mol. The van der Waals surface area contributed by atoms with Crippen LogP contribution in [0.2, 0.25) is 0 Å². The first-order chi connectivity index (χ1) is 7.61. The summed E-state index contributed by atoms with van der Waals surface area (Å²) >= 11 is 0. The van der Waals surface area contributed by atoms with Crippen molar-refractivity contribution in [1.82, 2.24) is 0 Å². The molecule has 0 bridgehead atoms. The van der Waals surface area contributed by atoms with Crippen LogP contribution in [0.25, 0.3) is 0 Å². The first-order valence-corrected chi connectivity index (χ1v) is 6.85. The third-order valence-corrected chi connectivity index (χ3v) is 3.93. The maximum absolute atomic E-state index is 13.3. The van der Waals surface area contributed by atoms with Crippen molar-refractivity contribution in [2.24, 2.45) is 5.73 Å². The normalized spacial score (nSPS) is 12.8. The van der Waals surface area contributed by atoms with Crippen LogP contribution in [-0.2, 0) is 15.6 Å². The fourth-order valence-electron chi connectivity index (χ4n) is 1.51. The van der Waals surface area contributed by atoms with E-state index in [1.165, 1.54) is 12.1 Å². The Morgan fingerprint density at radius 1 is 1.29 bits per heavy atom. The summed E-state index contributed by atoms with van der Waals surface area (Å²) < 4.78 is 49.6. The number of hydrogen-bond acceptors (Lipinski definition) is 3. The molecule has 0 unspecified atom stereocenters. The van der Waals surface area contributed by atoms with Crippen molar-refractivity contribution < 1.29 is 17.2 Å². The third kappa shape index (κ3) is 4.40. The summed E-state index contributed by atoms with van der Waals surface area (Å²) in [6, 6.07) is 3.47. The van der Waals surface area contributed by atoms with Gasteiger partial charge in [-0.15, -0.1) is 0 Å². The van der Waals surface area contributed by atoms with E-state index in [0.717, 1.165) is 6.07 Å². The van der Waals surface area contributed by atoms with Crippen molar-refractivity contribution in [2.45, 2.75) is 25.1 Å². The molecule has 1 rings (SSSR count). The standard InChI is InChI=1S/C11H15F2NO2S/c1-11(2,14)7-17(15,16)6-8-4-3-5-9(12)10(8)13/h3-5H,6-7,14H2,1-2H3. The molecule has 0 saturated carbocycles. The van der Waals surface area contributed by atoms with Crippen LogP contribution >= 0.6 is 0 Å². The lowest BCUT2D eigenvalue weighted by molar-refractivity contribution is 0.500. The number of sulfone groups is 1. The molecule has 0 aliphatic heterocycles. The number of hydrogen-bond donors (Lipinski definition) is 1. The Balaban J connectivity index is 2.95. The Hall–Kier alpha value is -1.01. The van der Waals surface area contributed by atoms with E-state index in [2.05, 4.69) is 0 Å². The zero-order valence-electron chi connectivity index (χ0n) is 9.70. The molecule has 6 heteroatoms. The second kappa shape index (κ2) is 4.70. The van der Waals surface area contributed by atoms with Crippen molar-refractivity contribution in [3.8, 4) is 0 Å². The summed E-state index contributed by atoms with van der Waals surface area (Å²) in [4.78, 5) is 0. The molecular formula is C11H15F2NO2S. The average molecular weight is 263 g/mol. The van der Waals surface area contributed by atoms with E-state index < -0.39 is 32.8 Å². The lowest BCUT2D eigenvalue weighted by Gasteiger charge is -2.18. The molecule has 2 N–H and O–H groups in total. The van der Waals surface area contributed by atoms with Crippen molar-refractivity contribution in [3.63, 3.8) is 0 Å². The van der Waals surface area contributed by atoms with Gasteiger partial charge in [-0.1, -0.05) is 12.1 Å². The summed E-state index contributed by atoms with van der Waals surface area (Å²) in [5.41, 5.74) is 4.52. The predicted molar refractivity (Wildman–Crippen MR) is 62.1 cm³/mol. The van der Waals surface area contributed by atoms with Crippen molar-refractivity contribution in [1.29, 1.82) is 0 Å². The van der Waals surface area contributed by atoms with E-state index >= 15 is 0 Å². The van der Waals surface area contributed by atoms with Gasteiger partial charge in [0.15, 0.2) is 21.5 Å². The smallest absolute Gasteiger partial charge is 0.163 e. The summed E-state index contributed by atoms with van der Waals surface area (Å²) in [5, 5.41) is 0. The largest absolute Gasteiger partial charge is 0.325 e. The van der Waals surface area contributed by atoms with Gasteiger partial charge in [0.1, 0.15) is 0 Å². The highest BCUT2D eigenvalue weighted by molar-refractivity contribution is 7.90. The van der Waals surface area contributed by atoms with Crippen LogP contribution in [0.4, 0.5) is 8.78 Å². The Kier molecular flexibility index (Phi) is 3.88. The summed E-state index contributed by atoms with van der Waals surface area (Å²) in [7, 11) is -3.56. The zero-order valence-corrected chi connectivity index (χ0v) is 10.5. The van der Waals surface area contributed by atoms with Gasteiger partial charge in [-0.2, -0.15) is 0 Å². The Bertz CT molecular complexity index is 507. The van der Waals surface area contributed by atoms with Gasteiger partial charge >= 0.3 is 0 Å². The van der Waals surface area contributed by atoms with E-state index in [-0.39, 0.29) is 11.3 Å². The predicted octanol–water partition coefficient (Wildman–Crippen LogP) is 1.62. The number of benzene rings is 1. The first kappa shape index (κ1) is 14.1. The maximum Gasteiger partial charge on any atom is 0.163 e. The van der Waals surface area contributed by atoms with Gasteiger partial charge in [0, 0.05) is 11.1 Å². The van der Waals surface area contributed by atoms with Crippen LogP contribution in [0.3, 0.4) is 0 Å². The maximum atomic E-state index is 13.3. The molecule has 0 aliphatic rings. The SMILES string of the molecule is CC(C)(N)CS(=O)(=O)Cc1cccc(F)c1F. The van der Waals surface area contributed by atoms with Gasteiger partial charge in [0.25, 0.3) is 0 Å². The molecule has 0 fully saturated rings. The summed E-state index contributed by atoms with van der Waals surface area (Å²) in [6.45, 7) is 3.12. The molecule has 1 aromatic rings. The highest BCUT2D eigenvalue weighted by Gasteiger charge is 2.24. The fraction of sp³-hybridized carbons (Fsp3) is 0.455. The van der Waals surface area contributed by atoms with Crippen LogP contribution in [0, 0.1) is 11.6 Å². The van der Waals surface area contributed by atoms with Crippen molar-refractivity contribution in [2.75, 3.05) is 5.75 Å². The molecular weight excluding hydrogens is 248 g/mol. The second-order valence-corrected chi connectivity index (χ2v) is 6.80. The lowest BCUT2D eigenvalue weighted by atomic mass is 10.1. The minimum absolute atomic E-state index is 0.172. The lowest BCUT2D eigenvalue weighted by Crippen LogP contribution is -2.40. The van der Waals surface area contributed by atoms with Gasteiger partial charge in [0.2, 0.25) is 0 Å². The molecule has 0 spiro atoms. The summed E-state index contributed by atoms with van der Waals surface area (Å²) in [5.74, 6) is -3.00. The zero-order chi connectivity index (χ0) is 13.3. The van der Waals surface area contributed by atoms with Crippen LogP contribution in [0.15, 0.2) is 18.2 Å². The molecule has 0 amide bonds. The molecule has 0 radical (unpaired) electrons. The fourth-order valence-corrected chi connectivity index (χ4v) is 3.45. The van der Waals surface area contributed by atoms with Gasteiger partial charge < -0.3 is 5.73 Å². The molecule has 0 saturated heterocycles. The number of rotatable bonds is 4. The third-order valence-electron chi connectivity index (χ3n) is 2.00. The molecule has 0 aromatic heterocycles. The van der Waals surface area contributed by atoms with Crippen LogP contribution in [-0.4, -0.2) is 19.7 Å². The Labute approximate surface area is 99.6 Å². The molecule has 1 aromatic carbocycles. The first-order valence-electron chi connectivity index (χ1n) is 5.03. The molecule has 0 heterocycles. The van der Waals surface area contributed by atoms with Gasteiger partial charge in [-0.25, -0.2) is 17.2 Å². The van der Waals surface area contributed by atoms with E-state index in [1.54, 1.807) is 13.8 Å². The van der Waals surface area contributed by atoms with Crippen molar-refractivity contribution in [3.05, 3.63) is 35.4 Å². The second-order valence-electron chi connectivity index (χ2n) is 4.73. The van der Waals surface area contributed by atoms with E-state index in [0.29, 0.717) is 0 Å². The average Bonchev–Trinajstić information content (AvgIpc) is 2.08. The van der Waals surface area contributed by atoms with E-state index in [4.69, 9.17) is 5.73 Å². The number of nitrogens with two attached hydrogens (primary N) is 1. The molecule has 3 nitrogen and oxygen atoms in total. The van der Waals surface area contributed by atoms with Crippen LogP contribution < -0.4 is 5.73 Å². The Morgan fingerprint density at radius 2 is 1.88 bits per heavy atom. The van der Waals surface area contributed by atoms with Gasteiger partial charge in [-0.05, 0) is 19.9 Å². The van der Waals surface area contributed by atoms with E-state index in [9.17, 15) is 17.2 Å². The summed E-state index contributed by atoms with van der Waals surface area (Å²) in [6.07, 6.45) is 0. The molecule has 0 aliphatic carbocycles. The minimum atomic E-state index is -3.56. The quantitative estimate of drug-likeness (QED) is 0.898. The van der Waals surface area contributed by atoms with Crippen LogP contribution in [0.5, 0.6) is 0 Å². The topological polar surface area (TPSA) is 60.2 Å². The minimum Gasteiger partial charge on any atom is -0.325 e. The Morgan fingerprint density at radius 3 is 2.41 bits per heavy atom. The van der Waals surface area contributed by atoms with Gasteiger partial charge in [-0.3, -0.25) is 0 Å². The van der Waals surface area contributed by atoms with Crippen molar-refractivity contribution >= 4 is 9.84 Å². The molecule has 96 valence electrons.